The molecule has 32 heavy (non-hydrogen) atoms. The highest BCUT2D eigenvalue weighted by Gasteiger charge is 2.54. The minimum atomic E-state index is -4.48. The number of fused-ring (bicyclic) bond motifs is 3. The van der Waals surface area contributed by atoms with Crippen molar-refractivity contribution in [1.82, 2.24) is 9.78 Å². The standard InChI is InChI=1S/C21H22F3N4O3S/c1-20(21(22,23)24)10-28-18(31-11-20)16(9-25-28)32(30)27-19(29)26-17-14-6-2-4-12(14)8-13-5-3-7-15(13)17/h8-9H,2-7,10-11H2,1H3,(H,26,29)/q-1/t20-/m0/s1. The Hall–Kier alpha value is -2.56. The monoisotopic (exact) mass is 467 g/mol. The molecule has 1 aromatic heterocycles. The summed E-state index contributed by atoms with van der Waals surface area (Å²) in [6.07, 6.45) is 2.44. The van der Waals surface area contributed by atoms with Crippen LogP contribution in [-0.2, 0) is 47.0 Å². The SMILES string of the molecule is C[C@@]1(C(F)(F)F)COc2c([S-](=O)=NC(=O)Nc3c4c(cc5c3CCC5)CCC4)cnn2C1. The lowest BCUT2D eigenvalue weighted by molar-refractivity contribution is -0.238. The van der Waals surface area contributed by atoms with Gasteiger partial charge in [0.05, 0.1) is 6.54 Å². The Morgan fingerprint density at radius 3 is 2.50 bits per heavy atom. The van der Waals surface area contributed by atoms with Gasteiger partial charge in [0.1, 0.15) is 12.0 Å². The van der Waals surface area contributed by atoms with Gasteiger partial charge in [-0.15, -0.1) is 10.6 Å². The molecule has 0 spiro atoms. The van der Waals surface area contributed by atoms with Gasteiger partial charge in [-0.25, -0.2) is 9.48 Å². The lowest BCUT2D eigenvalue weighted by atomic mass is 9.90. The van der Waals surface area contributed by atoms with Crippen LogP contribution in [-0.4, -0.2) is 28.6 Å². The highest BCUT2D eigenvalue weighted by Crippen LogP contribution is 2.44. The van der Waals surface area contributed by atoms with E-state index in [1.807, 2.05) is 0 Å². The number of urea groups is 1. The molecule has 0 unspecified atom stereocenters. The van der Waals surface area contributed by atoms with E-state index in [0.29, 0.717) is 0 Å². The number of nitrogens with one attached hydrogen (secondary N) is 1. The van der Waals surface area contributed by atoms with E-state index < -0.39 is 41.4 Å². The number of hydrogen-bond acceptors (Lipinski definition) is 5. The topological polar surface area (TPSA) is 85.6 Å². The van der Waals surface area contributed by atoms with E-state index in [2.05, 4.69) is 20.8 Å². The van der Waals surface area contributed by atoms with Gasteiger partial charge in [0.15, 0.2) is 5.88 Å². The van der Waals surface area contributed by atoms with E-state index in [4.69, 9.17) is 4.74 Å². The van der Waals surface area contributed by atoms with Crippen molar-refractivity contribution < 1.29 is 26.9 Å². The molecule has 1 N–H and O–H groups in total. The largest absolute Gasteiger partial charge is 0.478 e. The molecule has 0 radical (unpaired) electrons. The van der Waals surface area contributed by atoms with Crippen molar-refractivity contribution in [2.24, 2.45) is 9.78 Å². The van der Waals surface area contributed by atoms with Gasteiger partial charge in [-0.1, -0.05) is 6.07 Å². The molecule has 0 bridgehead atoms. The van der Waals surface area contributed by atoms with Crippen LogP contribution < -0.4 is 10.1 Å². The fourth-order valence-electron chi connectivity index (χ4n) is 4.73. The van der Waals surface area contributed by atoms with Crippen molar-refractivity contribution >= 4 is 22.3 Å². The van der Waals surface area contributed by atoms with Gasteiger partial charge < -0.3 is 18.6 Å². The third-order valence-electron chi connectivity index (χ3n) is 6.53. The van der Waals surface area contributed by atoms with Crippen LogP contribution in [0.1, 0.15) is 42.0 Å². The first kappa shape index (κ1) is 21.3. The molecule has 11 heteroatoms. The number of amides is 2. The molecule has 2 heterocycles. The summed E-state index contributed by atoms with van der Waals surface area (Å²) in [6.45, 7) is -0.0404. The predicted octanol–water partition coefficient (Wildman–Crippen LogP) is 4.56. The van der Waals surface area contributed by atoms with Gasteiger partial charge >= 0.3 is 12.2 Å². The van der Waals surface area contributed by atoms with E-state index in [0.717, 1.165) is 73.1 Å². The van der Waals surface area contributed by atoms with E-state index in [-0.39, 0.29) is 10.8 Å². The molecular formula is C21H22F3N4O3S-. The minimum absolute atomic E-state index is 0.0205. The van der Waals surface area contributed by atoms with E-state index >= 15 is 0 Å². The Bertz CT molecular complexity index is 1170. The number of halogens is 3. The number of aromatic nitrogens is 2. The zero-order valence-electron chi connectivity index (χ0n) is 17.4. The smallest absolute Gasteiger partial charge is 0.399 e. The van der Waals surface area contributed by atoms with Crippen LogP contribution in [0.25, 0.3) is 0 Å². The maximum Gasteiger partial charge on any atom is 0.399 e. The minimum Gasteiger partial charge on any atom is -0.478 e. The average Bonchev–Trinajstić information content (AvgIpc) is 3.45. The molecule has 7 nitrogen and oxygen atoms in total. The summed E-state index contributed by atoms with van der Waals surface area (Å²) in [5.74, 6) is -0.0527. The second-order valence-corrected chi connectivity index (χ2v) is 9.94. The first-order valence-electron chi connectivity index (χ1n) is 10.5. The molecule has 1 aromatic carbocycles. The van der Waals surface area contributed by atoms with Crippen LogP contribution in [0.15, 0.2) is 21.5 Å². The van der Waals surface area contributed by atoms with Crippen LogP contribution >= 0.6 is 0 Å². The molecule has 2 aromatic rings. The Morgan fingerprint density at radius 2 is 1.88 bits per heavy atom. The van der Waals surface area contributed by atoms with Crippen LogP contribution in [0, 0.1) is 5.41 Å². The first-order valence-corrected chi connectivity index (χ1v) is 11.6. The number of nitrogens with zero attached hydrogens (tertiary/aromatic N) is 3. The Balaban J connectivity index is 1.39. The van der Waals surface area contributed by atoms with Crippen LogP contribution in [0.3, 0.4) is 0 Å². The number of aryl methyl sites for hydroxylation is 2. The van der Waals surface area contributed by atoms with Gasteiger partial charge in [-0.3, -0.25) is 0 Å². The lowest BCUT2D eigenvalue weighted by Crippen LogP contribution is -2.46. The summed E-state index contributed by atoms with van der Waals surface area (Å²) < 4.78 is 62.7. The molecule has 5 rings (SSSR count). The zero-order valence-corrected chi connectivity index (χ0v) is 18.2. The van der Waals surface area contributed by atoms with Crippen molar-refractivity contribution in [3.63, 3.8) is 0 Å². The van der Waals surface area contributed by atoms with Gasteiger partial charge in [-0.05, 0) is 72.6 Å². The Morgan fingerprint density at radius 1 is 1.22 bits per heavy atom. The number of benzene rings is 1. The third kappa shape index (κ3) is 3.46. The highest BCUT2D eigenvalue weighted by atomic mass is 32.2. The second-order valence-electron chi connectivity index (χ2n) is 8.82. The zero-order chi connectivity index (χ0) is 22.7. The lowest BCUT2D eigenvalue weighted by Gasteiger charge is -2.36. The van der Waals surface area contributed by atoms with Crippen LogP contribution in [0.5, 0.6) is 5.88 Å². The molecule has 3 aliphatic rings. The molecule has 0 saturated heterocycles. The quantitative estimate of drug-likeness (QED) is 0.656. The molecule has 2 aliphatic carbocycles. The predicted molar refractivity (Wildman–Crippen MR) is 110 cm³/mol. The van der Waals surface area contributed by atoms with E-state index in [1.54, 1.807) is 0 Å². The molecule has 0 fully saturated rings. The molecule has 1 aliphatic heterocycles. The van der Waals surface area contributed by atoms with Gasteiger partial charge in [0, 0.05) is 11.9 Å². The van der Waals surface area contributed by atoms with Crippen molar-refractivity contribution in [2.45, 2.75) is 63.1 Å². The van der Waals surface area contributed by atoms with E-state index in [9.17, 15) is 22.2 Å². The number of ether oxygens (including phenoxy) is 1. The van der Waals surface area contributed by atoms with Crippen molar-refractivity contribution in [3.8, 4) is 5.88 Å². The van der Waals surface area contributed by atoms with Gasteiger partial charge in [0.2, 0.25) is 0 Å². The number of carbonyl (C=O) groups is 1. The third-order valence-corrected chi connectivity index (χ3v) is 7.52. The second kappa shape index (κ2) is 7.50. The number of hydrogen-bond donors (Lipinski definition) is 1. The summed E-state index contributed by atoms with van der Waals surface area (Å²) in [4.78, 5) is 12.6. The van der Waals surface area contributed by atoms with Crippen molar-refractivity contribution in [2.75, 3.05) is 11.9 Å². The van der Waals surface area contributed by atoms with Crippen molar-refractivity contribution in [1.29, 1.82) is 0 Å². The molecule has 2 amide bonds. The Kier molecular flexibility index (Phi) is 4.99. The normalized spacial score (nSPS) is 22.8. The number of carbonyl (C=O) groups excluding carboxylic acids is 1. The summed E-state index contributed by atoms with van der Waals surface area (Å²) in [5.41, 5.74) is 3.42. The summed E-state index contributed by atoms with van der Waals surface area (Å²) in [5, 5.41) is 6.71. The van der Waals surface area contributed by atoms with Gasteiger partial charge in [-0.2, -0.15) is 18.3 Å². The first-order chi connectivity index (χ1) is 15.2. The summed E-state index contributed by atoms with van der Waals surface area (Å²) in [7, 11) is -2.16. The number of anilines is 1. The maximum absolute atomic E-state index is 13.3. The summed E-state index contributed by atoms with van der Waals surface area (Å²) in [6, 6.07) is 1.48. The number of rotatable bonds is 2. The fraction of sp³-hybridized carbons (Fsp3) is 0.524. The molecule has 172 valence electrons. The molecular weight excluding hydrogens is 445 g/mol. The van der Waals surface area contributed by atoms with Crippen LogP contribution in [0.4, 0.5) is 23.7 Å². The highest BCUT2D eigenvalue weighted by molar-refractivity contribution is 7.75. The van der Waals surface area contributed by atoms with Crippen molar-refractivity contribution in [3.05, 3.63) is 34.5 Å². The maximum atomic E-state index is 13.3. The van der Waals surface area contributed by atoms with Gasteiger partial charge in [0.25, 0.3) is 0 Å². The van der Waals surface area contributed by atoms with Crippen LogP contribution in [0.2, 0.25) is 0 Å². The molecule has 0 saturated carbocycles. The average molecular weight is 467 g/mol. The number of alkyl halides is 3. The summed E-state index contributed by atoms with van der Waals surface area (Å²) >= 11 is 0. The molecule has 1 atom stereocenters. The fourth-order valence-corrected chi connectivity index (χ4v) is 5.48. The Labute approximate surface area is 184 Å². The van der Waals surface area contributed by atoms with E-state index in [1.165, 1.54) is 11.1 Å².